The van der Waals surface area contributed by atoms with E-state index < -0.39 is 5.60 Å². The lowest BCUT2D eigenvalue weighted by Gasteiger charge is -2.40. The maximum atomic E-state index is 12.2. The minimum absolute atomic E-state index is 0.0337. The first-order valence-electron chi connectivity index (χ1n) is 15.8. The maximum Gasteiger partial charge on any atom is 0.407 e. The first-order chi connectivity index (χ1) is 21.0. The van der Waals surface area contributed by atoms with Crippen LogP contribution in [0, 0.1) is 16.7 Å². The van der Waals surface area contributed by atoms with Gasteiger partial charge in [-0.05, 0) is 76.8 Å². The van der Waals surface area contributed by atoms with Gasteiger partial charge in [-0.1, -0.05) is 13.8 Å². The van der Waals surface area contributed by atoms with Gasteiger partial charge in [0, 0.05) is 38.7 Å². The van der Waals surface area contributed by atoms with Crippen LogP contribution in [0.2, 0.25) is 0 Å². The molecule has 44 heavy (non-hydrogen) atoms. The maximum absolute atomic E-state index is 12.2. The molecular formula is C32H43N9O3. The van der Waals surface area contributed by atoms with Gasteiger partial charge < -0.3 is 24.6 Å². The van der Waals surface area contributed by atoms with Gasteiger partial charge in [0.1, 0.15) is 23.2 Å². The van der Waals surface area contributed by atoms with Gasteiger partial charge in [-0.3, -0.25) is 0 Å². The number of nitrogens with zero attached hydrogens (tertiary/aromatic N) is 8. The molecule has 0 bridgehead atoms. The number of aromatic nitrogens is 5. The molecule has 0 radical (unpaired) electrons. The van der Waals surface area contributed by atoms with Crippen molar-refractivity contribution < 1.29 is 14.3 Å². The van der Waals surface area contributed by atoms with E-state index in [4.69, 9.17) is 24.5 Å². The molecule has 12 nitrogen and oxygen atoms in total. The van der Waals surface area contributed by atoms with E-state index in [-0.39, 0.29) is 23.7 Å². The third-order valence-electron chi connectivity index (χ3n) is 8.97. The third kappa shape index (κ3) is 6.15. The van der Waals surface area contributed by atoms with Gasteiger partial charge in [-0.15, -0.1) is 5.10 Å². The molecule has 0 aliphatic carbocycles. The molecule has 0 saturated carbocycles. The SMILES string of the molecule is C[C@@H]1CCN(c2nn(C3CCCCO3)c3nc(N4CCC(C)(CNC(=O)OC(C)(C)C)CC4)cnc23)c2ccc(C#N)nc21. The summed E-state index contributed by atoms with van der Waals surface area (Å²) in [6.07, 6.45) is 6.96. The zero-order valence-corrected chi connectivity index (χ0v) is 26.5. The van der Waals surface area contributed by atoms with Gasteiger partial charge in [0.15, 0.2) is 23.2 Å². The van der Waals surface area contributed by atoms with E-state index in [1.807, 2.05) is 37.7 Å². The van der Waals surface area contributed by atoms with Crippen molar-refractivity contribution >= 4 is 34.6 Å². The van der Waals surface area contributed by atoms with Crippen LogP contribution in [0.4, 0.5) is 22.1 Å². The van der Waals surface area contributed by atoms with Crippen molar-refractivity contribution in [3.05, 3.63) is 29.7 Å². The van der Waals surface area contributed by atoms with Crippen molar-refractivity contribution in [1.29, 1.82) is 5.26 Å². The summed E-state index contributed by atoms with van der Waals surface area (Å²) >= 11 is 0. The summed E-state index contributed by atoms with van der Waals surface area (Å²) in [5.74, 6) is 1.80. The van der Waals surface area contributed by atoms with E-state index in [2.05, 4.69) is 40.0 Å². The zero-order valence-electron chi connectivity index (χ0n) is 26.5. The summed E-state index contributed by atoms with van der Waals surface area (Å²) in [6.45, 7) is 13.6. The number of carbonyl (C=O) groups excluding carboxylic acids is 1. The highest BCUT2D eigenvalue weighted by atomic mass is 16.6. The molecule has 3 aromatic rings. The number of alkyl carbamates (subject to hydrolysis) is 1. The molecule has 3 aromatic heterocycles. The highest BCUT2D eigenvalue weighted by Crippen LogP contribution is 2.41. The van der Waals surface area contributed by atoms with Crippen molar-refractivity contribution in [2.24, 2.45) is 5.41 Å². The molecule has 2 fully saturated rings. The third-order valence-corrected chi connectivity index (χ3v) is 8.97. The first-order valence-corrected chi connectivity index (χ1v) is 15.8. The summed E-state index contributed by atoms with van der Waals surface area (Å²) in [4.78, 5) is 31.5. The molecule has 1 unspecified atom stereocenters. The van der Waals surface area contributed by atoms with Crippen LogP contribution in [-0.2, 0) is 9.47 Å². The quantitative estimate of drug-likeness (QED) is 0.396. The molecule has 3 aliphatic heterocycles. The number of amides is 1. The first kappa shape index (κ1) is 30.1. The molecule has 234 valence electrons. The van der Waals surface area contributed by atoms with E-state index in [1.165, 1.54) is 0 Å². The number of hydrogen-bond donors (Lipinski definition) is 1. The lowest BCUT2D eigenvalue weighted by Crippen LogP contribution is -2.46. The summed E-state index contributed by atoms with van der Waals surface area (Å²) in [5, 5.41) is 17.5. The van der Waals surface area contributed by atoms with Gasteiger partial charge in [-0.25, -0.2) is 24.4 Å². The number of rotatable bonds is 5. The van der Waals surface area contributed by atoms with Crippen molar-refractivity contribution in [3.63, 3.8) is 0 Å². The van der Waals surface area contributed by atoms with Crippen LogP contribution in [0.3, 0.4) is 0 Å². The van der Waals surface area contributed by atoms with Gasteiger partial charge >= 0.3 is 6.09 Å². The Kier molecular flexibility index (Phi) is 8.09. The monoisotopic (exact) mass is 601 g/mol. The van der Waals surface area contributed by atoms with Crippen molar-refractivity contribution in [2.45, 2.75) is 90.9 Å². The Hall–Kier alpha value is -3.98. The highest BCUT2D eigenvalue weighted by molar-refractivity contribution is 5.88. The number of anilines is 3. The average molecular weight is 602 g/mol. The van der Waals surface area contributed by atoms with E-state index >= 15 is 0 Å². The lowest BCUT2D eigenvalue weighted by atomic mass is 9.80. The molecule has 2 saturated heterocycles. The van der Waals surface area contributed by atoms with Crippen molar-refractivity contribution in [3.8, 4) is 6.07 Å². The predicted octanol–water partition coefficient (Wildman–Crippen LogP) is 5.57. The van der Waals surface area contributed by atoms with Crippen LogP contribution in [0.1, 0.15) is 96.7 Å². The Bertz CT molecular complexity index is 1560. The van der Waals surface area contributed by atoms with Crippen LogP contribution in [-0.4, -0.2) is 69.2 Å². The fourth-order valence-electron chi connectivity index (χ4n) is 6.31. The number of ether oxygens (including phenoxy) is 2. The average Bonchev–Trinajstić information content (AvgIpc) is 3.39. The zero-order chi connectivity index (χ0) is 31.1. The van der Waals surface area contributed by atoms with Gasteiger partial charge in [0.05, 0.1) is 17.6 Å². The molecule has 0 aromatic carbocycles. The summed E-state index contributed by atoms with van der Waals surface area (Å²) < 4.78 is 13.5. The fraction of sp³-hybridized carbons (Fsp3) is 0.625. The number of nitrogens with one attached hydrogen (secondary N) is 1. The van der Waals surface area contributed by atoms with Gasteiger partial charge in [0.25, 0.3) is 0 Å². The fourth-order valence-corrected chi connectivity index (χ4v) is 6.31. The normalized spacial score (nSPS) is 21.9. The molecule has 6 heterocycles. The van der Waals surface area contributed by atoms with Crippen LogP contribution in [0.15, 0.2) is 18.3 Å². The minimum atomic E-state index is -0.520. The van der Waals surface area contributed by atoms with Gasteiger partial charge in [-0.2, -0.15) is 5.26 Å². The number of piperidine rings is 1. The Morgan fingerprint density at radius 2 is 1.98 bits per heavy atom. The van der Waals surface area contributed by atoms with Crippen molar-refractivity contribution in [2.75, 3.05) is 42.6 Å². The van der Waals surface area contributed by atoms with E-state index in [0.717, 1.165) is 86.7 Å². The Morgan fingerprint density at radius 1 is 1.18 bits per heavy atom. The summed E-state index contributed by atoms with van der Waals surface area (Å²) in [7, 11) is 0. The molecular weight excluding hydrogens is 558 g/mol. The standard InChI is InChI=1S/C32H43N9O3/c1-21-11-14-40(23-10-9-22(18-33)36-26(21)23)29-27-28(41(38-29)25-8-6-7-17-43-25)37-24(19-34-27)39-15-12-32(5,13-16-39)20-35-30(42)44-31(2,3)4/h9-10,19,21,25H,6-8,11-17,20H2,1-5H3,(H,35,42)/t21-,25?/m1/s1. The van der Waals surface area contributed by atoms with Crippen LogP contribution in [0.5, 0.6) is 0 Å². The summed E-state index contributed by atoms with van der Waals surface area (Å²) in [5.41, 5.74) is 3.19. The van der Waals surface area contributed by atoms with Crippen LogP contribution < -0.4 is 15.1 Å². The van der Waals surface area contributed by atoms with E-state index in [0.29, 0.717) is 24.5 Å². The Morgan fingerprint density at radius 3 is 2.68 bits per heavy atom. The molecule has 6 rings (SSSR count). The number of hydrogen-bond acceptors (Lipinski definition) is 10. The largest absolute Gasteiger partial charge is 0.444 e. The predicted molar refractivity (Wildman–Crippen MR) is 167 cm³/mol. The molecule has 0 spiro atoms. The molecule has 12 heteroatoms. The smallest absolute Gasteiger partial charge is 0.407 e. The minimum Gasteiger partial charge on any atom is -0.444 e. The number of carbonyl (C=O) groups is 1. The number of pyridine rings is 1. The topological polar surface area (TPSA) is 134 Å². The second-order valence-corrected chi connectivity index (χ2v) is 13.7. The Labute approximate surface area is 258 Å². The van der Waals surface area contributed by atoms with Gasteiger partial charge in [0.2, 0.25) is 0 Å². The van der Waals surface area contributed by atoms with Crippen LogP contribution in [0.25, 0.3) is 11.2 Å². The number of nitriles is 1. The van der Waals surface area contributed by atoms with E-state index in [9.17, 15) is 10.1 Å². The van der Waals surface area contributed by atoms with Crippen LogP contribution >= 0.6 is 0 Å². The van der Waals surface area contributed by atoms with E-state index in [1.54, 1.807) is 6.07 Å². The number of fused-ring (bicyclic) bond motifs is 2. The molecule has 1 amide bonds. The highest BCUT2D eigenvalue weighted by Gasteiger charge is 2.34. The van der Waals surface area contributed by atoms with Crippen molar-refractivity contribution in [1.82, 2.24) is 30.0 Å². The molecule has 3 aliphatic rings. The molecule has 2 atom stereocenters. The lowest BCUT2D eigenvalue weighted by molar-refractivity contribution is -0.0368. The summed E-state index contributed by atoms with van der Waals surface area (Å²) in [6, 6.07) is 5.92. The second kappa shape index (κ2) is 11.8. The molecule has 1 N–H and O–H groups in total. The Balaban J connectivity index is 1.27. The second-order valence-electron chi connectivity index (χ2n) is 13.7.